The van der Waals surface area contributed by atoms with Crippen molar-refractivity contribution in [3.8, 4) is 10.6 Å². The van der Waals surface area contributed by atoms with Crippen LogP contribution < -0.4 is 5.32 Å². The Bertz CT molecular complexity index is 1070. The van der Waals surface area contributed by atoms with Crippen molar-refractivity contribution in [2.75, 3.05) is 5.32 Å². The van der Waals surface area contributed by atoms with Crippen LogP contribution in [0.25, 0.3) is 15.5 Å². The van der Waals surface area contributed by atoms with Gasteiger partial charge < -0.3 is 5.32 Å². The fourth-order valence-electron chi connectivity index (χ4n) is 2.50. The second kappa shape index (κ2) is 6.64. The molecule has 0 saturated carbocycles. The fraction of sp³-hybridized carbons (Fsp3) is 0.111. The van der Waals surface area contributed by atoms with Gasteiger partial charge in [0.2, 0.25) is 4.96 Å². The maximum atomic E-state index is 12.9. The molecule has 2 aromatic carbocycles. The van der Waals surface area contributed by atoms with Crippen molar-refractivity contribution < 1.29 is 9.18 Å². The predicted molar refractivity (Wildman–Crippen MR) is 97.8 cm³/mol. The number of rotatable bonds is 4. The highest BCUT2D eigenvalue weighted by molar-refractivity contribution is 7.19. The van der Waals surface area contributed by atoms with E-state index in [2.05, 4.69) is 20.6 Å². The van der Waals surface area contributed by atoms with Gasteiger partial charge >= 0.3 is 0 Å². The Morgan fingerprint density at radius 3 is 2.54 bits per heavy atom. The van der Waals surface area contributed by atoms with Crippen molar-refractivity contribution in [2.45, 2.75) is 13.3 Å². The van der Waals surface area contributed by atoms with Crippen molar-refractivity contribution in [2.24, 2.45) is 0 Å². The van der Waals surface area contributed by atoms with Gasteiger partial charge in [0, 0.05) is 23.2 Å². The number of aromatic nitrogens is 4. The Labute approximate surface area is 152 Å². The van der Waals surface area contributed by atoms with Crippen molar-refractivity contribution in [3.05, 3.63) is 65.7 Å². The zero-order valence-corrected chi connectivity index (χ0v) is 14.6. The molecule has 0 atom stereocenters. The van der Waals surface area contributed by atoms with Crippen LogP contribution in [0.3, 0.4) is 0 Å². The Kier molecular flexibility index (Phi) is 4.18. The third-order valence-electron chi connectivity index (χ3n) is 3.87. The highest BCUT2D eigenvalue weighted by atomic mass is 32.1. The first-order chi connectivity index (χ1) is 12.6. The number of fused-ring (bicyclic) bond motifs is 1. The third kappa shape index (κ3) is 3.06. The normalized spacial score (nSPS) is 11.0. The quantitative estimate of drug-likeness (QED) is 0.595. The number of hydrogen-bond donors (Lipinski definition) is 1. The maximum absolute atomic E-state index is 12.9. The summed E-state index contributed by atoms with van der Waals surface area (Å²) < 4.78 is 14.7. The number of nitrogens with one attached hydrogen (secondary N) is 1. The summed E-state index contributed by atoms with van der Waals surface area (Å²) in [5.41, 5.74) is 1.99. The summed E-state index contributed by atoms with van der Waals surface area (Å²) in [6.45, 7) is 2.01. The molecule has 8 heteroatoms. The highest BCUT2D eigenvalue weighted by Gasteiger charge is 2.12. The molecule has 0 saturated heterocycles. The molecule has 26 heavy (non-hydrogen) atoms. The van der Waals surface area contributed by atoms with Crippen LogP contribution in [0.2, 0.25) is 0 Å². The topological polar surface area (TPSA) is 72.2 Å². The molecular weight excluding hydrogens is 353 g/mol. The molecule has 2 aromatic heterocycles. The van der Waals surface area contributed by atoms with Crippen LogP contribution in [0, 0.1) is 5.82 Å². The van der Waals surface area contributed by atoms with Gasteiger partial charge in [-0.3, -0.25) is 4.79 Å². The number of amides is 1. The summed E-state index contributed by atoms with van der Waals surface area (Å²) in [5.74, 6) is 0.164. The zero-order valence-electron chi connectivity index (χ0n) is 13.8. The summed E-state index contributed by atoms with van der Waals surface area (Å²) in [6, 6.07) is 12.8. The second-order valence-electron chi connectivity index (χ2n) is 5.61. The van der Waals surface area contributed by atoms with E-state index in [1.165, 1.54) is 35.6 Å². The van der Waals surface area contributed by atoms with Gasteiger partial charge in [0.15, 0.2) is 5.82 Å². The van der Waals surface area contributed by atoms with E-state index in [0.717, 1.165) is 27.8 Å². The largest absolute Gasteiger partial charge is 0.322 e. The Morgan fingerprint density at radius 1 is 1.12 bits per heavy atom. The summed E-state index contributed by atoms with van der Waals surface area (Å²) in [7, 11) is 0. The smallest absolute Gasteiger partial charge is 0.255 e. The SMILES string of the molecule is CCc1nnc2sc(-c3ccc(NC(=O)c4ccc(F)cc4)cc3)nn12. The van der Waals surface area contributed by atoms with Crippen LogP contribution in [0.5, 0.6) is 0 Å². The van der Waals surface area contributed by atoms with Crippen molar-refractivity contribution >= 4 is 27.9 Å². The van der Waals surface area contributed by atoms with E-state index in [4.69, 9.17) is 0 Å². The van der Waals surface area contributed by atoms with Crippen molar-refractivity contribution in [1.29, 1.82) is 0 Å². The standard InChI is InChI=1S/C18H14FN5OS/c1-2-15-21-22-18-24(15)23-17(26-18)12-5-9-14(10-6-12)20-16(25)11-3-7-13(19)8-4-11/h3-10H,2H2,1H3,(H,20,25). The van der Waals surface area contributed by atoms with Gasteiger partial charge in [-0.25, -0.2) is 4.39 Å². The maximum Gasteiger partial charge on any atom is 0.255 e. The van der Waals surface area contributed by atoms with Gasteiger partial charge in [-0.2, -0.15) is 9.61 Å². The minimum Gasteiger partial charge on any atom is -0.322 e. The molecule has 4 rings (SSSR count). The average molecular weight is 367 g/mol. The Morgan fingerprint density at radius 2 is 1.85 bits per heavy atom. The molecule has 1 amide bonds. The van der Waals surface area contributed by atoms with E-state index in [0.29, 0.717) is 11.3 Å². The Hall–Kier alpha value is -3.13. The second-order valence-corrected chi connectivity index (χ2v) is 6.57. The molecule has 0 aliphatic carbocycles. The van der Waals surface area contributed by atoms with E-state index < -0.39 is 0 Å². The van der Waals surface area contributed by atoms with E-state index >= 15 is 0 Å². The van der Waals surface area contributed by atoms with Crippen LogP contribution in [-0.2, 0) is 6.42 Å². The van der Waals surface area contributed by atoms with Crippen LogP contribution in [0.1, 0.15) is 23.1 Å². The lowest BCUT2D eigenvalue weighted by atomic mass is 10.2. The summed E-state index contributed by atoms with van der Waals surface area (Å²) in [5, 5.41) is 16.4. The molecule has 0 aliphatic rings. The molecule has 0 spiro atoms. The van der Waals surface area contributed by atoms with E-state index in [-0.39, 0.29) is 11.7 Å². The van der Waals surface area contributed by atoms with Gasteiger partial charge in [-0.1, -0.05) is 18.3 Å². The lowest BCUT2D eigenvalue weighted by molar-refractivity contribution is 0.102. The molecule has 0 unspecified atom stereocenters. The number of hydrogen-bond acceptors (Lipinski definition) is 5. The molecule has 0 radical (unpaired) electrons. The number of nitrogens with zero attached hydrogens (tertiary/aromatic N) is 4. The first-order valence-corrected chi connectivity index (χ1v) is 8.84. The molecule has 6 nitrogen and oxygen atoms in total. The number of anilines is 1. The molecule has 130 valence electrons. The molecule has 4 aromatic rings. The molecule has 0 fully saturated rings. The van der Waals surface area contributed by atoms with Crippen LogP contribution in [0.4, 0.5) is 10.1 Å². The van der Waals surface area contributed by atoms with Crippen LogP contribution >= 0.6 is 11.3 Å². The third-order valence-corrected chi connectivity index (χ3v) is 4.82. The predicted octanol–water partition coefficient (Wildman–Crippen LogP) is 3.81. The lowest BCUT2D eigenvalue weighted by Crippen LogP contribution is -2.11. The fourth-order valence-corrected chi connectivity index (χ4v) is 3.36. The van der Waals surface area contributed by atoms with E-state index in [9.17, 15) is 9.18 Å². The van der Waals surface area contributed by atoms with Crippen molar-refractivity contribution in [3.63, 3.8) is 0 Å². The average Bonchev–Trinajstić information content (AvgIpc) is 3.23. The van der Waals surface area contributed by atoms with Gasteiger partial charge in [-0.15, -0.1) is 10.2 Å². The zero-order chi connectivity index (χ0) is 18.1. The first-order valence-electron chi connectivity index (χ1n) is 8.02. The minimum atomic E-state index is -0.373. The minimum absolute atomic E-state index is 0.288. The van der Waals surface area contributed by atoms with Gasteiger partial charge in [0.1, 0.15) is 10.8 Å². The van der Waals surface area contributed by atoms with Crippen molar-refractivity contribution in [1.82, 2.24) is 19.8 Å². The monoisotopic (exact) mass is 367 g/mol. The van der Waals surface area contributed by atoms with Gasteiger partial charge in [0.05, 0.1) is 0 Å². The number of benzene rings is 2. The van der Waals surface area contributed by atoms with Crippen LogP contribution in [0.15, 0.2) is 48.5 Å². The summed E-state index contributed by atoms with van der Waals surface area (Å²) >= 11 is 1.46. The summed E-state index contributed by atoms with van der Waals surface area (Å²) in [6.07, 6.45) is 0.763. The molecule has 0 aliphatic heterocycles. The van der Waals surface area contributed by atoms with Gasteiger partial charge in [-0.05, 0) is 48.5 Å². The van der Waals surface area contributed by atoms with E-state index in [1.807, 2.05) is 19.1 Å². The number of halogens is 1. The molecule has 1 N–H and O–H groups in total. The molecule has 2 heterocycles. The summed E-state index contributed by atoms with van der Waals surface area (Å²) in [4.78, 5) is 12.9. The van der Waals surface area contributed by atoms with E-state index in [1.54, 1.807) is 16.6 Å². The Balaban J connectivity index is 1.53. The molecule has 0 bridgehead atoms. The number of carbonyl (C=O) groups excluding carboxylic acids is 1. The number of aryl methyl sites for hydroxylation is 1. The highest BCUT2D eigenvalue weighted by Crippen LogP contribution is 2.26. The molecular formula is C18H14FN5OS. The van der Waals surface area contributed by atoms with Gasteiger partial charge in [0.25, 0.3) is 5.91 Å². The first kappa shape index (κ1) is 16.3. The number of carbonyl (C=O) groups is 1. The van der Waals surface area contributed by atoms with Crippen LogP contribution in [-0.4, -0.2) is 25.7 Å². The lowest BCUT2D eigenvalue weighted by Gasteiger charge is -2.06.